The van der Waals surface area contributed by atoms with Gasteiger partial charge in [0.1, 0.15) is 12.4 Å². The Morgan fingerprint density at radius 1 is 1.04 bits per heavy atom. The lowest BCUT2D eigenvalue weighted by molar-refractivity contribution is 0.306. The zero-order valence-electron chi connectivity index (χ0n) is 16.4. The van der Waals surface area contributed by atoms with Crippen molar-refractivity contribution in [3.63, 3.8) is 0 Å². The Hall–Kier alpha value is -3.10. The highest BCUT2D eigenvalue weighted by molar-refractivity contribution is 5.92. The molecule has 0 N–H and O–H groups in total. The van der Waals surface area contributed by atoms with Crippen molar-refractivity contribution in [2.45, 2.75) is 13.5 Å². The van der Waals surface area contributed by atoms with E-state index in [4.69, 9.17) is 15.0 Å². The fourth-order valence-corrected chi connectivity index (χ4v) is 3.58. The van der Waals surface area contributed by atoms with Gasteiger partial charge < -0.3 is 14.5 Å². The minimum absolute atomic E-state index is 0.474. The molecular weight excluding hydrogens is 348 g/mol. The summed E-state index contributed by atoms with van der Waals surface area (Å²) >= 11 is 0. The van der Waals surface area contributed by atoms with E-state index in [1.54, 1.807) is 12.1 Å². The molecule has 0 saturated carbocycles. The summed E-state index contributed by atoms with van der Waals surface area (Å²) < 4.78 is 5.88. The van der Waals surface area contributed by atoms with Gasteiger partial charge in [-0.3, -0.25) is 4.98 Å². The monoisotopic (exact) mass is 372 g/mol. The summed E-state index contributed by atoms with van der Waals surface area (Å²) in [6.45, 7) is 6.77. The number of hydrogen-bond donors (Lipinski definition) is 0. The number of hydrogen-bond acceptors (Lipinski definition) is 5. The Morgan fingerprint density at radius 2 is 1.79 bits per heavy atom. The number of nitrogens with zero attached hydrogens (tertiary/aromatic N) is 4. The number of rotatable bonds is 4. The van der Waals surface area contributed by atoms with Gasteiger partial charge in [-0.2, -0.15) is 5.26 Å². The van der Waals surface area contributed by atoms with Gasteiger partial charge in [0.15, 0.2) is 0 Å². The molecule has 28 heavy (non-hydrogen) atoms. The molecule has 2 heterocycles. The van der Waals surface area contributed by atoms with E-state index in [1.165, 1.54) is 11.1 Å². The number of anilines is 1. The van der Waals surface area contributed by atoms with Gasteiger partial charge >= 0.3 is 0 Å². The molecular formula is C23H24N4O. The first kappa shape index (κ1) is 18.3. The lowest BCUT2D eigenvalue weighted by Crippen LogP contribution is -2.44. The highest BCUT2D eigenvalue weighted by Gasteiger charge is 2.17. The quantitative estimate of drug-likeness (QED) is 0.698. The fourth-order valence-electron chi connectivity index (χ4n) is 3.58. The third-order valence-corrected chi connectivity index (χ3v) is 5.21. The number of likely N-dealkylation sites (N-methyl/N-ethyl adjacent to an activating group) is 1. The van der Waals surface area contributed by atoms with E-state index in [9.17, 15) is 0 Å². The van der Waals surface area contributed by atoms with Crippen molar-refractivity contribution in [1.29, 1.82) is 5.26 Å². The number of aryl methyl sites for hydroxylation is 1. The Labute approximate surface area is 165 Å². The number of aromatic nitrogens is 1. The van der Waals surface area contributed by atoms with Gasteiger partial charge in [-0.15, -0.1) is 0 Å². The number of benzene rings is 2. The predicted octanol–water partition coefficient (Wildman–Crippen LogP) is 3.75. The zero-order valence-corrected chi connectivity index (χ0v) is 16.4. The van der Waals surface area contributed by atoms with Crippen LogP contribution in [0.3, 0.4) is 0 Å². The lowest BCUT2D eigenvalue weighted by atomic mass is 10.1. The van der Waals surface area contributed by atoms with Crippen LogP contribution in [0, 0.1) is 18.3 Å². The van der Waals surface area contributed by atoms with E-state index < -0.39 is 0 Å². The van der Waals surface area contributed by atoms with Gasteiger partial charge in [-0.05, 0) is 55.9 Å². The molecule has 5 heteroatoms. The standard InChI is InChI=1S/C23H24N4O/c1-17-13-23(27-11-9-26(2)10-12-27)21-8-5-19(14-22(21)25-17)16-28-20-6-3-18(15-24)4-7-20/h3-8,13-14H,9-12,16H2,1-2H3. The van der Waals surface area contributed by atoms with Crippen molar-refractivity contribution in [2.24, 2.45) is 0 Å². The van der Waals surface area contributed by atoms with Crippen LogP contribution >= 0.6 is 0 Å². The molecule has 1 aliphatic heterocycles. The maximum Gasteiger partial charge on any atom is 0.119 e. The largest absolute Gasteiger partial charge is 0.489 e. The lowest BCUT2D eigenvalue weighted by Gasteiger charge is -2.34. The number of pyridine rings is 1. The summed E-state index contributed by atoms with van der Waals surface area (Å²) in [4.78, 5) is 9.58. The Kier molecular flexibility index (Phi) is 5.14. The minimum Gasteiger partial charge on any atom is -0.489 e. The summed E-state index contributed by atoms with van der Waals surface area (Å²) in [5.74, 6) is 0.759. The van der Waals surface area contributed by atoms with Gasteiger partial charge in [-0.1, -0.05) is 12.1 Å². The van der Waals surface area contributed by atoms with Gasteiger partial charge in [-0.25, -0.2) is 0 Å². The second kappa shape index (κ2) is 7.87. The molecule has 4 rings (SSSR count). The molecule has 0 radical (unpaired) electrons. The smallest absolute Gasteiger partial charge is 0.119 e. The molecule has 1 fully saturated rings. The Balaban J connectivity index is 1.56. The first-order chi connectivity index (χ1) is 13.6. The number of fused-ring (bicyclic) bond motifs is 1. The topological polar surface area (TPSA) is 52.4 Å². The molecule has 0 aliphatic carbocycles. The molecule has 0 amide bonds. The van der Waals surface area contributed by atoms with Crippen LogP contribution in [0.5, 0.6) is 5.75 Å². The fraction of sp³-hybridized carbons (Fsp3) is 0.304. The van der Waals surface area contributed by atoms with Crippen LogP contribution in [0.1, 0.15) is 16.8 Å². The molecule has 1 aromatic heterocycles. The van der Waals surface area contributed by atoms with E-state index in [0.717, 1.165) is 48.7 Å². The summed E-state index contributed by atoms with van der Waals surface area (Å²) in [5.41, 5.74) is 5.03. The van der Waals surface area contributed by atoms with Crippen molar-refractivity contribution < 1.29 is 4.74 Å². The Morgan fingerprint density at radius 3 is 2.50 bits per heavy atom. The van der Waals surface area contributed by atoms with Crippen LogP contribution in [-0.4, -0.2) is 43.1 Å². The molecule has 3 aromatic rings. The molecule has 142 valence electrons. The molecule has 0 bridgehead atoms. The van der Waals surface area contributed by atoms with Crippen molar-refractivity contribution >= 4 is 16.6 Å². The third kappa shape index (κ3) is 3.92. The van der Waals surface area contributed by atoms with E-state index >= 15 is 0 Å². The van der Waals surface area contributed by atoms with Crippen molar-refractivity contribution in [2.75, 3.05) is 38.1 Å². The average Bonchev–Trinajstić information content (AvgIpc) is 2.72. The van der Waals surface area contributed by atoms with Crippen LogP contribution in [0.4, 0.5) is 5.69 Å². The van der Waals surface area contributed by atoms with Gasteiger partial charge in [0.2, 0.25) is 0 Å². The third-order valence-electron chi connectivity index (χ3n) is 5.21. The van der Waals surface area contributed by atoms with E-state index in [2.05, 4.69) is 54.1 Å². The maximum atomic E-state index is 8.89. The van der Waals surface area contributed by atoms with Gasteiger partial charge in [0.25, 0.3) is 0 Å². The summed E-state index contributed by atoms with van der Waals surface area (Å²) in [6.07, 6.45) is 0. The van der Waals surface area contributed by atoms with Crippen molar-refractivity contribution in [1.82, 2.24) is 9.88 Å². The van der Waals surface area contributed by atoms with Crippen LogP contribution in [0.15, 0.2) is 48.5 Å². The predicted molar refractivity (Wildman–Crippen MR) is 112 cm³/mol. The highest BCUT2D eigenvalue weighted by atomic mass is 16.5. The second-order valence-electron chi connectivity index (χ2n) is 7.35. The van der Waals surface area contributed by atoms with Crippen LogP contribution in [-0.2, 0) is 6.61 Å². The Bertz CT molecular complexity index is 1020. The minimum atomic E-state index is 0.474. The molecule has 1 saturated heterocycles. The first-order valence-electron chi connectivity index (χ1n) is 9.59. The summed E-state index contributed by atoms with van der Waals surface area (Å²) in [6, 6.07) is 17.9. The van der Waals surface area contributed by atoms with E-state index in [-0.39, 0.29) is 0 Å². The highest BCUT2D eigenvalue weighted by Crippen LogP contribution is 2.28. The number of nitriles is 1. The van der Waals surface area contributed by atoms with Crippen LogP contribution < -0.4 is 9.64 Å². The normalized spacial score (nSPS) is 14.8. The second-order valence-corrected chi connectivity index (χ2v) is 7.35. The number of piperazine rings is 1. The van der Waals surface area contributed by atoms with Crippen molar-refractivity contribution in [3.05, 3.63) is 65.4 Å². The van der Waals surface area contributed by atoms with Gasteiger partial charge in [0.05, 0.1) is 17.1 Å². The van der Waals surface area contributed by atoms with Gasteiger partial charge in [0, 0.05) is 42.9 Å². The van der Waals surface area contributed by atoms with Crippen molar-refractivity contribution in [3.8, 4) is 11.8 Å². The van der Waals surface area contributed by atoms with Crippen LogP contribution in [0.25, 0.3) is 10.9 Å². The average molecular weight is 372 g/mol. The maximum absolute atomic E-state index is 8.89. The summed E-state index contributed by atoms with van der Waals surface area (Å²) in [7, 11) is 2.17. The summed E-state index contributed by atoms with van der Waals surface area (Å²) in [5, 5.41) is 10.1. The SMILES string of the molecule is Cc1cc(N2CCN(C)CC2)c2ccc(COc3ccc(C#N)cc3)cc2n1. The first-order valence-corrected chi connectivity index (χ1v) is 9.59. The number of ether oxygens (including phenoxy) is 1. The van der Waals surface area contributed by atoms with E-state index in [1.807, 2.05) is 12.1 Å². The van der Waals surface area contributed by atoms with Crippen LogP contribution in [0.2, 0.25) is 0 Å². The molecule has 5 nitrogen and oxygen atoms in total. The molecule has 0 unspecified atom stereocenters. The zero-order chi connectivity index (χ0) is 19.5. The molecule has 0 atom stereocenters. The molecule has 2 aromatic carbocycles. The molecule has 1 aliphatic rings. The molecule has 0 spiro atoms. The van der Waals surface area contributed by atoms with E-state index in [0.29, 0.717) is 12.2 Å².